The standard InChI is InChI=1S/C42H52N4O8/c1-41(2,3)27-53-38(49)31(20-14-15-23-43-39(50)52-26-28-16-8-7-9-17-28)44-36(47)34-24-29-18-10-12-21-32(29)45(34)37(48)35-25-30-19-11-13-22-33(30)46(35)40(51)54-42(4,5)6/h7-13,16-19,21-22,31,34-35H,14-15,20,23-27H2,1-6H3,(H,43,50)(H,44,47)/t31-,34-,35-/m0/s1. The number of rotatable bonds is 12. The number of nitrogens with one attached hydrogen (secondary N) is 2. The summed E-state index contributed by atoms with van der Waals surface area (Å²) >= 11 is 0. The second kappa shape index (κ2) is 17.2. The molecule has 0 radical (unpaired) electrons. The number of fused-ring (bicyclic) bond motifs is 2. The lowest BCUT2D eigenvalue weighted by Gasteiger charge is -2.33. The van der Waals surface area contributed by atoms with E-state index < -0.39 is 53.7 Å². The Hall–Kier alpha value is -5.39. The fourth-order valence-electron chi connectivity index (χ4n) is 6.49. The maximum atomic E-state index is 14.7. The molecule has 3 aromatic carbocycles. The van der Waals surface area contributed by atoms with Crippen molar-refractivity contribution in [1.82, 2.24) is 10.6 Å². The van der Waals surface area contributed by atoms with E-state index in [4.69, 9.17) is 14.2 Å². The van der Waals surface area contributed by atoms with Crippen LogP contribution in [0.3, 0.4) is 0 Å². The Labute approximate surface area is 317 Å². The Balaban J connectivity index is 1.29. The second-order valence-corrected chi connectivity index (χ2v) is 16.0. The lowest BCUT2D eigenvalue weighted by atomic mass is 9.98. The van der Waals surface area contributed by atoms with Gasteiger partial charge in [-0.3, -0.25) is 19.4 Å². The first-order chi connectivity index (χ1) is 25.6. The van der Waals surface area contributed by atoms with Gasteiger partial charge >= 0.3 is 18.2 Å². The fourth-order valence-corrected chi connectivity index (χ4v) is 6.49. The van der Waals surface area contributed by atoms with Crippen LogP contribution in [0.5, 0.6) is 0 Å². The number of alkyl carbamates (subject to hydrolysis) is 1. The maximum absolute atomic E-state index is 14.7. The summed E-state index contributed by atoms with van der Waals surface area (Å²) in [5.74, 6) is -1.53. The summed E-state index contributed by atoms with van der Waals surface area (Å²) in [7, 11) is 0. The minimum atomic E-state index is -1.00. The first-order valence-corrected chi connectivity index (χ1v) is 18.5. The molecule has 3 atom stereocenters. The van der Waals surface area contributed by atoms with E-state index in [1.54, 1.807) is 45.0 Å². The zero-order chi connectivity index (χ0) is 39.0. The Morgan fingerprint density at radius 2 is 1.33 bits per heavy atom. The molecule has 2 heterocycles. The summed E-state index contributed by atoms with van der Waals surface area (Å²) in [4.78, 5) is 71.1. The van der Waals surface area contributed by atoms with E-state index in [-0.39, 0.29) is 37.9 Å². The molecule has 0 aliphatic carbocycles. The van der Waals surface area contributed by atoms with E-state index in [1.807, 2.05) is 75.4 Å². The summed E-state index contributed by atoms with van der Waals surface area (Å²) in [6.45, 7) is 11.7. The monoisotopic (exact) mass is 740 g/mol. The van der Waals surface area contributed by atoms with Crippen molar-refractivity contribution in [2.75, 3.05) is 23.0 Å². The summed E-state index contributed by atoms with van der Waals surface area (Å²) < 4.78 is 16.7. The van der Waals surface area contributed by atoms with Gasteiger partial charge in [0.15, 0.2) is 0 Å². The molecule has 5 rings (SSSR count). The van der Waals surface area contributed by atoms with Gasteiger partial charge in [-0.25, -0.2) is 14.4 Å². The number of carbonyl (C=O) groups excluding carboxylic acids is 5. The first-order valence-electron chi connectivity index (χ1n) is 18.5. The topological polar surface area (TPSA) is 144 Å². The number of hydrogen-bond acceptors (Lipinski definition) is 8. The van der Waals surface area contributed by atoms with Crippen LogP contribution in [0.2, 0.25) is 0 Å². The number of esters is 1. The van der Waals surface area contributed by atoms with Crippen molar-refractivity contribution in [3.63, 3.8) is 0 Å². The Kier molecular flexibility index (Phi) is 12.7. The van der Waals surface area contributed by atoms with Gasteiger partial charge in [-0.15, -0.1) is 0 Å². The molecule has 0 saturated heterocycles. The molecule has 54 heavy (non-hydrogen) atoms. The van der Waals surface area contributed by atoms with Crippen LogP contribution < -0.4 is 20.4 Å². The Bertz CT molecular complexity index is 1820. The molecule has 0 saturated carbocycles. The average Bonchev–Trinajstić information content (AvgIpc) is 3.71. The van der Waals surface area contributed by atoms with Gasteiger partial charge in [-0.05, 0) is 74.3 Å². The maximum Gasteiger partial charge on any atom is 0.415 e. The number of benzene rings is 3. The number of hydrogen-bond donors (Lipinski definition) is 2. The number of amides is 4. The van der Waals surface area contributed by atoms with Crippen LogP contribution in [0.15, 0.2) is 78.9 Å². The smallest absolute Gasteiger partial charge is 0.415 e. The molecule has 288 valence electrons. The van der Waals surface area contributed by atoms with Crippen molar-refractivity contribution in [3.05, 3.63) is 95.6 Å². The molecule has 2 N–H and O–H groups in total. The van der Waals surface area contributed by atoms with Gasteiger partial charge in [0.25, 0.3) is 5.91 Å². The Morgan fingerprint density at radius 1 is 0.741 bits per heavy atom. The largest absolute Gasteiger partial charge is 0.464 e. The van der Waals surface area contributed by atoms with Crippen LogP contribution in [0, 0.1) is 5.41 Å². The van der Waals surface area contributed by atoms with Crippen molar-refractivity contribution in [2.45, 2.75) is 104 Å². The Morgan fingerprint density at radius 3 is 1.96 bits per heavy atom. The van der Waals surface area contributed by atoms with Gasteiger partial charge in [0.05, 0.1) is 12.3 Å². The van der Waals surface area contributed by atoms with Gasteiger partial charge in [0.2, 0.25) is 5.91 Å². The predicted octanol–water partition coefficient (Wildman–Crippen LogP) is 6.48. The highest BCUT2D eigenvalue weighted by molar-refractivity contribution is 6.11. The molecule has 2 aliphatic heterocycles. The molecule has 4 amide bonds. The van der Waals surface area contributed by atoms with E-state index in [0.29, 0.717) is 30.8 Å². The van der Waals surface area contributed by atoms with E-state index in [1.165, 1.54) is 9.80 Å². The highest BCUT2D eigenvalue weighted by Crippen LogP contribution is 2.38. The van der Waals surface area contributed by atoms with Crippen molar-refractivity contribution in [2.24, 2.45) is 5.41 Å². The predicted molar refractivity (Wildman–Crippen MR) is 205 cm³/mol. The summed E-state index contributed by atoms with van der Waals surface area (Å²) in [6, 6.07) is 21.0. The molecule has 12 nitrogen and oxygen atoms in total. The van der Waals surface area contributed by atoms with E-state index in [0.717, 1.165) is 16.7 Å². The third-order valence-electron chi connectivity index (χ3n) is 9.02. The number of carbonyl (C=O) groups is 5. The third-order valence-corrected chi connectivity index (χ3v) is 9.02. The molecule has 12 heteroatoms. The van der Waals surface area contributed by atoms with E-state index >= 15 is 0 Å². The second-order valence-electron chi connectivity index (χ2n) is 16.0. The first kappa shape index (κ1) is 39.8. The summed E-state index contributed by atoms with van der Waals surface area (Å²) in [5.41, 5.74) is 2.53. The SMILES string of the molecule is CC(C)(C)COC(=O)[C@H](CCCCNC(=O)OCc1ccccc1)NC(=O)[C@@H]1Cc2ccccc2N1C(=O)[C@@H]1Cc2ccccc2N1C(=O)OC(C)(C)C. The van der Waals surface area contributed by atoms with Gasteiger partial charge in [-0.2, -0.15) is 0 Å². The molecular formula is C42H52N4O8. The molecule has 0 bridgehead atoms. The van der Waals surface area contributed by atoms with Crippen LogP contribution in [0.1, 0.15) is 77.5 Å². The highest BCUT2D eigenvalue weighted by atomic mass is 16.6. The fraction of sp³-hybridized carbons (Fsp3) is 0.452. The van der Waals surface area contributed by atoms with Gasteiger partial charge in [0, 0.05) is 25.1 Å². The van der Waals surface area contributed by atoms with Crippen molar-refractivity contribution < 1.29 is 38.2 Å². The summed E-state index contributed by atoms with van der Waals surface area (Å²) in [5, 5.41) is 5.63. The molecule has 0 spiro atoms. The third kappa shape index (κ3) is 10.4. The van der Waals surface area contributed by atoms with Gasteiger partial charge in [0.1, 0.15) is 30.3 Å². The highest BCUT2D eigenvalue weighted by Gasteiger charge is 2.47. The average molecular weight is 741 g/mol. The van der Waals surface area contributed by atoms with Crippen LogP contribution in [0.4, 0.5) is 21.0 Å². The van der Waals surface area contributed by atoms with E-state index in [2.05, 4.69) is 10.6 Å². The molecular weight excluding hydrogens is 688 g/mol. The number of nitrogens with zero attached hydrogens (tertiary/aromatic N) is 2. The van der Waals surface area contributed by atoms with Gasteiger partial charge in [-0.1, -0.05) is 87.5 Å². The molecule has 3 aromatic rings. The quantitative estimate of drug-likeness (QED) is 0.122. The van der Waals surface area contributed by atoms with Crippen molar-refractivity contribution in [1.29, 1.82) is 0 Å². The zero-order valence-corrected chi connectivity index (χ0v) is 32.1. The summed E-state index contributed by atoms with van der Waals surface area (Å²) in [6.07, 6.45) is 0.506. The van der Waals surface area contributed by atoms with Crippen LogP contribution in [-0.2, 0) is 48.0 Å². The van der Waals surface area contributed by atoms with Crippen LogP contribution >= 0.6 is 0 Å². The lowest BCUT2D eigenvalue weighted by molar-refractivity contribution is -0.150. The zero-order valence-electron chi connectivity index (χ0n) is 32.1. The molecule has 0 aromatic heterocycles. The van der Waals surface area contributed by atoms with Crippen LogP contribution in [-0.4, -0.2) is 66.8 Å². The van der Waals surface area contributed by atoms with Gasteiger partial charge < -0.3 is 24.8 Å². The number of unbranched alkanes of at least 4 members (excludes halogenated alkanes) is 1. The number of anilines is 2. The van der Waals surface area contributed by atoms with Crippen molar-refractivity contribution in [3.8, 4) is 0 Å². The minimum absolute atomic E-state index is 0.148. The molecule has 0 unspecified atom stereocenters. The normalized spacial score (nSPS) is 16.9. The molecule has 2 aliphatic rings. The number of ether oxygens (including phenoxy) is 3. The van der Waals surface area contributed by atoms with Crippen LogP contribution in [0.25, 0.3) is 0 Å². The molecule has 0 fully saturated rings. The lowest BCUT2D eigenvalue weighted by Crippen LogP contribution is -2.57. The van der Waals surface area contributed by atoms with Crippen molar-refractivity contribution >= 4 is 41.3 Å². The number of para-hydroxylation sites is 2. The van der Waals surface area contributed by atoms with E-state index in [9.17, 15) is 24.0 Å². The minimum Gasteiger partial charge on any atom is -0.464 e.